The van der Waals surface area contributed by atoms with Gasteiger partial charge in [-0.1, -0.05) is 0 Å². The molecule has 0 unspecified atom stereocenters. The van der Waals surface area contributed by atoms with Gasteiger partial charge < -0.3 is 5.32 Å². The number of alkyl halides is 3. The fourth-order valence-corrected chi connectivity index (χ4v) is 2.32. The molecule has 1 aromatic rings. The zero-order chi connectivity index (χ0) is 14.0. The van der Waals surface area contributed by atoms with Crippen molar-refractivity contribution in [2.24, 2.45) is 0 Å². The Morgan fingerprint density at radius 2 is 2.00 bits per heavy atom. The highest BCUT2D eigenvalue weighted by Crippen LogP contribution is 2.30. The molecule has 20 heavy (non-hydrogen) atoms. The summed E-state index contributed by atoms with van der Waals surface area (Å²) in [6, 6.07) is 3.02. The second-order valence-electron chi connectivity index (χ2n) is 4.94. The predicted molar refractivity (Wildman–Crippen MR) is 71.4 cm³/mol. The highest BCUT2D eigenvalue weighted by Gasteiger charge is 2.31. The average Bonchev–Trinajstić information content (AvgIpc) is 2.26. The van der Waals surface area contributed by atoms with Gasteiger partial charge in [0.25, 0.3) is 0 Å². The van der Waals surface area contributed by atoms with Crippen LogP contribution in [0.3, 0.4) is 0 Å². The van der Waals surface area contributed by atoms with Crippen LogP contribution in [0.4, 0.5) is 17.6 Å². The Labute approximate surface area is 121 Å². The quantitative estimate of drug-likeness (QED) is 0.844. The molecule has 2 rings (SSSR count). The summed E-state index contributed by atoms with van der Waals surface area (Å²) in [7, 11) is 0. The molecule has 0 radical (unpaired) electrons. The summed E-state index contributed by atoms with van der Waals surface area (Å²) in [4.78, 5) is 2.02. The summed E-state index contributed by atoms with van der Waals surface area (Å²) in [6.45, 7) is 4.65. The fraction of sp³-hybridized carbons (Fsp3) is 0.538. The average molecular weight is 313 g/mol. The minimum Gasteiger partial charge on any atom is -0.312 e. The fourth-order valence-electron chi connectivity index (χ4n) is 2.32. The summed E-state index contributed by atoms with van der Waals surface area (Å²) in [5.41, 5.74) is -0.563. The third kappa shape index (κ3) is 4.61. The van der Waals surface area contributed by atoms with Crippen LogP contribution in [0.15, 0.2) is 18.2 Å². The highest BCUT2D eigenvalue weighted by molar-refractivity contribution is 5.85. The molecule has 1 aliphatic rings. The van der Waals surface area contributed by atoms with E-state index in [4.69, 9.17) is 0 Å². The van der Waals surface area contributed by atoms with Crippen molar-refractivity contribution in [3.63, 3.8) is 0 Å². The van der Waals surface area contributed by atoms with E-state index in [0.717, 1.165) is 25.7 Å². The van der Waals surface area contributed by atoms with Gasteiger partial charge in [-0.05, 0) is 30.7 Å². The largest absolute Gasteiger partial charge is 0.416 e. The van der Waals surface area contributed by atoms with Gasteiger partial charge in [0.05, 0.1) is 5.56 Å². The summed E-state index contributed by atoms with van der Waals surface area (Å²) < 4.78 is 51.1. The van der Waals surface area contributed by atoms with E-state index in [1.807, 2.05) is 11.8 Å². The van der Waals surface area contributed by atoms with Crippen molar-refractivity contribution in [1.82, 2.24) is 10.2 Å². The maximum absolute atomic E-state index is 13.3. The van der Waals surface area contributed by atoms with Gasteiger partial charge in [0.1, 0.15) is 5.82 Å². The van der Waals surface area contributed by atoms with Crippen LogP contribution in [0.1, 0.15) is 18.1 Å². The van der Waals surface area contributed by atoms with Crippen molar-refractivity contribution in [1.29, 1.82) is 0 Å². The molecular weight excluding hydrogens is 296 g/mol. The van der Waals surface area contributed by atoms with Crippen molar-refractivity contribution in [3.05, 3.63) is 35.1 Å². The van der Waals surface area contributed by atoms with Gasteiger partial charge in [-0.3, -0.25) is 4.90 Å². The minimum atomic E-state index is -4.51. The number of hydrogen-bond donors (Lipinski definition) is 1. The minimum absolute atomic E-state index is 0. The first-order chi connectivity index (χ1) is 8.84. The standard InChI is InChI=1S/C13H16F4N2.ClH/c1-9-7-19(3-2-18-9)8-10-4-11(13(15,16)17)6-12(14)5-10;/h4-6,9,18H,2-3,7-8H2,1H3;1H/t9-;/m0./s1. The molecule has 0 saturated carbocycles. The molecule has 1 atom stereocenters. The van der Waals surface area contributed by atoms with E-state index in [2.05, 4.69) is 5.32 Å². The van der Waals surface area contributed by atoms with E-state index < -0.39 is 17.6 Å². The Hall–Kier alpha value is -0.850. The zero-order valence-corrected chi connectivity index (χ0v) is 11.8. The van der Waals surface area contributed by atoms with Crippen LogP contribution < -0.4 is 5.32 Å². The van der Waals surface area contributed by atoms with E-state index in [0.29, 0.717) is 24.2 Å². The molecule has 0 aliphatic carbocycles. The molecule has 2 nitrogen and oxygen atoms in total. The Kier molecular flexibility index (Phi) is 5.79. The molecule has 1 saturated heterocycles. The molecule has 1 aliphatic heterocycles. The van der Waals surface area contributed by atoms with E-state index in [9.17, 15) is 17.6 Å². The van der Waals surface area contributed by atoms with Gasteiger partial charge in [-0.2, -0.15) is 13.2 Å². The summed E-state index contributed by atoms with van der Waals surface area (Å²) in [6.07, 6.45) is -4.51. The number of halogens is 5. The van der Waals surface area contributed by atoms with Crippen LogP contribution in [0.25, 0.3) is 0 Å². The predicted octanol–water partition coefficient (Wildman–Crippen LogP) is 3.06. The second kappa shape index (κ2) is 6.74. The van der Waals surface area contributed by atoms with Gasteiger partial charge in [-0.25, -0.2) is 4.39 Å². The summed E-state index contributed by atoms with van der Waals surface area (Å²) in [5, 5.41) is 3.25. The molecule has 0 amide bonds. The van der Waals surface area contributed by atoms with Gasteiger partial charge in [0.15, 0.2) is 0 Å². The van der Waals surface area contributed by atoms with E-state index >= 15 is 0 Å². The zero-order valence-electron chi connectivity index (χ0n) is 11.0. The molecular formula is C13H17ClF4N2. The van der Waals surface area contributed by atoms with Gasteiger partial charge >= 0.3 is 6.18 Å². The van der Waals surface area contributed by atoms with Crippen LogP contribution in [0, 0.1) is 5.82 Å². The molecule has 114 valence electrons. The Morgan fingerprint density at radius 3 is 2.60 bits per heavy atom. The summed E-state index contributed by atoms with van der Waals surface area (Å²) in [5.74, 6) is -0.840. The Balaban J connectivity index is 0.00000200. The lowest BCUT2D eigenvalue weighted by atomic mass is 10.1. The number of nitrogens with one attached hydrogen (secondary N) is 1. The third-order valence-electron chi connectivity index (χ3n) is 3.14. The van der Waals surface area contributed by atoms with Gasteiger partial charge in [0.2, 0.25) is 0 Å². The monoisotopic (exact) mass is 312 g/mol. The van der Waals surface area contributed by atoms with E-state index in [-0.39, 0.29) is 12.4 Å². The topological polar surface area (TPSA) is 15.3 Å². The smallest absolute Gasteiger partial charge is 0.312 e. The van der Waals surface area contributed by atoms with Crippen LogP contribution in [-0.4, -0.2) is 30.6 Å². The van der Waals surface area contributed by atoms with Gasteiger partial charge in [-0.15, -0.1) is 12.4 Å². The first-order valence-electron chi connectivity index (χ1n) is 6.17. The molecule has 1 N–H and O–H groups in total. The van der Waals surface area contributed by atoms with E-state index in [1.165, 1.54) is 6.07 Å². The van der Waals surface area contributed by atoms with Crippen LogP contribution in [0.2, 0.25) is 0 Å². The molecule has 0 spiro atoms. The molecule has 0 bridgehead atoms. The van der Waals surface area contributed by atoms with Crippen LogP contribution in [0.5, 0.6) is 0 Å². The van der Waals surface area contributed by atoms with Crippen molar-refractivity contribution >= 4 is 12.4 Å². The Morgan fingerprint density at radius 1 is 1.30 bits per heavy atom. The lowest BCUT2D eigenvalue weighted by Gasteiger charge is -2.31. The number of piperazine rings is 1. The Bertz CT molecular complexity index is 450. The molecule has 1 heterocycles. The lowest BCUT2D eigenvalue weighted by molar-refractivity contribution is -0.137. The highest BCUT2D eigenvalue weighted by atomic mass is 35.5. The SMILES string of the molecule is C[C@H]1CN(Cc2cc(F)cc(C(F)(F)F)c2)CCN1.Cl. The van der Waals surface area contributed by atoms with Crippen molar-refractivity contribution < 1.29 is 17.6 Å². The first kappa shape index (κ1) is 17.2. The van der Waals surface area contributed by atoms with Crippen molar-refractivity contribution in [2.75, 3.05) is 19.6 Å². The molecule has 0 aromatic heterocycles. The van der Waals surface area contributed by atoms with Crippen LogP contribution in [-0.2, 0) is 12.7 Å². The third-order valence-corrected chi connectivity index (χ3v) is 3.14. The summed E-state index contributed by atoms with van der Waals surface area (Å²) >= 11 is 0. The number of nitrogens with zero attached hydrogens (tertiary/aromatic N) is 1. The number of rotatable bonds is 2. The lowest BCUT2D eigenvalue weighted by Crippen LogP contribution is -2.48. The van der Waals surface area contributed by atoms with E-state index in [1.54, 1.807) is 0 Å². The first-order valence-corrected chi connectivity index (χ1v) is 6.17. The molecule has 7 heteroatoms. The van der Waals surface area contributed by atoms with Gasteiger partial charge in [0, 0.05) is 32.2 Å². The number of hydrogen-bond acceptors (Lipinski definition) is 2. The van der Waals surface area contributed by atoms with Crippen molar-refractivity contribution in [2.45, 2.75) is 25.7 Å². The second-order valence-corrected chi connectivity index (χ2v) is 4.94. The number of benzene rings is 1. The van der Waals surface area contributed by atoms with Crippen LogP contribution >= 0.6 is 12.4 Å². The molecule has 1 fully saturated rings. The molecule has 1 aromatic carbocycles. The maximum atomic E-state index is 13.3. The maximum Gasteiger partial charge on any atom is 0.416 e. The van der Waals surface area contributed by atoms with Crippen molar-refractivity contribution in [3.8, 4) is 0 Å². The normalized spacial score (nSPS) is 20.6.